The van der Waals surface area contributed by atoms with Crippen LogP contribution in [0.5, 0.6) is 0 Å². The Balaban J connectivity index is 2.25. The Kier molecular flexibility index (Phi) is 2.06. The molecule has 0 spiro atoms. The predicted octanol–water partition coefficient (Wildman–Crippen LogP) is 0.420. The summed E-state index contributed by atoms with van der Waals surface area (Å²) in [7, 11) is 1.71. The molecule has 3 nitrogen and oxygen atoms in total. The van der Waals surface area contributed by atoms with Gasteiger partial charge in [-0.1, -0.05) is 6.07 Å². The number of benzene rings is 1. The van der Waals surface area contributed by atoms with E-state index in [9.17, 15) is 4.79 Å². The fourth-order valence-electron chi connectivity index (χ4n) is 1.34. The molecule has 0 aliphatic carbocycles. The van der Waals surface area contributed by atoms with Gasteiger partial charge in [0.15, 0.2) is 0 Å². The average Bonchev–Trinajstić information content (AvgIpc) is 2.49. The summed E-state index contributed by atoms with van der Waals surface area (Å²) in [5.41, 5.74) is 3.02. The average molecular weight is 174 g/mol. The molecule has 0 aromatic heterocycles. The summed E-state index contributed by atoms with van der Waals surface area (Å²) in [6.45, 7) is 2.13. The highest BCUT2D eigenvalue weighted by Crippen LogP contribution is 2.11. The third kappa shape index (κ3) is 1.73. The van der Waals surface area contributed by atoms with Crippen LogP contribution in [0.4, 0.5) is 5.69 Å². The van der Waals surface area contributed by atoms with Gasteiger partial charge in [-0.2, -0.15) is 0 Å². The molecule has 1 radical (unpaired) electrons. The molecule has 0 fully saturated rings. The van der Waals surface area contributed by atoms with Gasteiger partial charge < -0.3 is 9.97 Å². The van der Waals surface area contributed by atoms with Gasteiger partial charge in [-0.25, -0.2) is 0 Å². The first-order chi connectivity index (χ1) is 6.25. The molecule has 1 aromatic carbocycles. The molecule has 65 valence electrons. The largest absolute Gasteiger partial charge is 0.430 e. The first-order valence-corrected chi connectivity index (χ1v) is 4.11. The van der Waals surface area contributed by atoms with Gasteiger partial charge in [0.25, 0.3) is 0 Å². The highest BCUT2D eigenvalue weighted by molar-refractivity contribution is 6.49. The molecule has 4 heteroatoms. The SMILES string of the molecule is CC(=O)Nc1ccc2c(c1)[B]OC2. The van der Waals surface area contributed by atoms with Crippen molar-refractivity contribution in [2.75, 3.05) is 5.32 Å². The lowest BCUT2D eigenvalue weighted by molar-refractivity contribution is -0.114. The van der Waals surface area contributed by atoms with Gasteiger partial charge in [0.1, 0.15) is 0 Å². The van der Waals surface area contributed by atoms with Crippen molar-refractivity contribution < 1.29 is 9.45 Å². The van der Waals surface area contributed by atoms with E-state index in [1.54, 1.807) is 7.48 Å². The molecule has 0 saturated heterocycles. The van der Waals surface area contributed by atoms with Gasteiger partial charge in [0.05, 0.1) is 6.61 Å². The van der Waals surface area contributed by atoms with Crippen molar-refractivity contribution in [1.82, 2.24) is 0 Å². The first-order valence-electron chi connectivity index (χ1n) is 4.11. The van der Waals surface area contributed by atoms with Gasteiger partial charge in [-0.3, -0.25) is 4.79 Å². The number of rotatable bonds is 1. The molecule has 1 heterocycles. The van der Waals surface area contributed by atoms with Crippen molar-refractivity contribution in [3.05, 3.63) is 23.8 Å². The molecule has 1 aromatic rings. The van der Waals surface area contributed by atoms with E-state index in [1.807, 2.05) is 18.2 Å². The summed E-state index contributed by atoms with van der Waals surface area (Å²) in [6.07, 6.45) is 0. The van der Waals surface area contributed by atoms with E-state index in [0.29, 0.717) is 6.61 Å². The Morgan fingerprint density at radius 2 is 2.46 bits per heavy atom. The lowest BCUT2D eigenvalue weighted by Gasteiger charge is -2.03. The molecule has 1 N–H and O–H groups in total. The number of carbonyl (C=O) groups is 1. The number of nitrogens with one attached hydrogen (secondary N) is 1. The van der Waals surface area contributed by atoms with Crippen molar-refractivity contribution in [1.29, 1.82) is 0 Å². The maximum absolute atomic E-state index is 10.8. The van der Waals surface area contributed by atoms with Gasteiger partial charge in [-0.05, 0) is 23.2 Å². The molecule has 0 saturated carbocycles. The van der Waals surface area contributed by atoms with Crippen LogP contribution in [-0.2, 0) is 16.1 Å². The van der Waals surface area contributed by atoms with Gasteiger partial charge in [0, 0.05) is 12.6 Å². The number of anilines is 1. The second-order valence-electron chi connectivity index (χ2n) is 3.02. The summed E-state index contributed by atoms with van der Waals surface area (Å²) in [6, 6.07) is 5.75. The highest BCUT2D eigenvalue weighted by atomic mass is 16.4. The van der Waals surface area contributed by atoms with E-state index in [4.69, 9.17) is 4.65 Å². The van der Waals surface area contributed by atoms with Crippen LogP contribution in [0.25, 0.3) is 0 Å². The number of fused-ring (bicyclic) bond motifs is 1. The molecule has 1 aliphatic rings. The van der Waals surface area contributed by atoms with Crippen LogP contribution in [0.1, 0.15) is 12.5 Å². The number of amides is 1. The van der Waals surface area contributed by atoms with Crippen molar-refractivity contribution in [2.45, 2.75) is 13.5 Å². The standard InChI is InChI=1S/C9H9BNO2/c1-6(12)11-8-3-2-7-5-13-10-9(7)4-8/h2-4H,5H2,1H3,(H,11,12). The van der Waals surface area contributed by atoms with E-state index >= 15 is 0 Å². The van der Waals surface area contributed by atoms with Crippen LogP contribution in [0, 0.1) is 0 Å². The zero-order chi connectivity index (χ0) is 9.26. The summed E-state index contributed by atoms with van der Waals surface area (Å²) < 4.78 is 5.14. The second kappa shape index (κ2) is 3.22. The summed E-state index contributed by atoms with van der Waals surface area (Å²) in [4.78, 5) is 10.8. The molecule has 1 aliphatic heterocycles. The third-order valence-electron chi connectivity index (χ3n) is 1.92. The van der Waals surface area contributed by atoms with E-state index in [0.717, 1.165) is 16.7 Å². The Morgan fingerprint density at radius 1 is 1.62 bits per heavy atom. The van der Waals surface area contributed by atoms with Crippen LogP contribution in [-0.4, -0.2) is 13.4 Å². The Hall–Kier alpha value is -1.29. The number of hydrogen-bond acceptors (Lipinski definition) is 2. The van der Waals surface area contributed by atoms with E-state index in [1.165, 1.54) is 6.92 Å². The minimum atomic E-state index is -0.0566. The lowest BCUT2D eigenvalue weighted by atomic mass is 9.87. The predicted molar refractivity (Wildman–Crippen MR) is 50.9 cm³/mol. The maximum Gasteiger partial charge on any atom is 0.330 e. The lowest BCUT2D eigenvalue weighted by Crippen LogP contribution is -2.14. The fourth-order valence-corrected chi connectivity index (χ4v) is 1.34. The van der Waals surface area contributed by atoms with Crippen molar-refractivity contribution >= 4 is 24.5 Å². The van der Waals surface area contributed by atoms with E-state index in [2.05, 4.69) is 5.32 Å². The Morgan fingerprint density at radius 3 is 3.23 bits per heavy atom. The second-order valence-corrected chi connectivity index (χ2v) is 3.02. The van der Waals surface area contributed by atoms with Gasteiger partial charge in [0.2, 0.25) is 5.91 Å². The van der Waals surface area contributed by atoms with Gasteiger partial charge in [-0.15, -0.1) is 0 Å². The van der Waals surface area contributed by atoms with Crippen LogP contribution in [0.3, 0.4) is 0 Å². The van der Waals surface area contributed by atoms with Crippen LogP contribution in [0.2, 0.25) is 0 Å². The minimum Gasteiger partial charge on any atom is -0.430 e. The number of hydrogen-bond donors (Lipinski definition) is 1. The molecule has 1 amide bonds. The molecule has 0 bridgehead atoms. The van der Waals surface area contributed by atoms with Gasteiger partial charge >= 0.3 is 7.48 Å². The zero-order valence-electron chi connectivity index (χ0n) is 7.33. The fraction of sp³-hybridized carbons (Fsp3) is 0.222. The first kappa shape index (κ1) is 8.32. The smallest absolute Gasteiger partial charge is 0.330 e. The summed E-state index contributed by atoms with van der Waals surface area (Å²) >= 11 is 0. The maximum atomic E-state index is 10.8. The topological polar surface area (TPSA) is 38.3 Å². The van der Waals surface area contributed by atoms with Crippen LogP contribution < -0.4 is 10.8 Å². The van der Waals surface area contributed by atoms with Crippen LogP contribution >= 0.6 is 0 Å². The van der Waals surface area contributed by atoms with Crippen LogP contribution in [0.15, 0.2) is 18.2 Å². The molecular formula is C9H9BNO2. The molecular weight excluding hydrogens is 165 g/mol. The molecule has 13 heavy (non-hydrogen) atoms. The monoisotopic (exact) mass is 174 g/mol. The minimum absolute atomic E-state index is 0.0566. The zero-order valence-corrected chi connectivity index (χ0v) is 7.33. The van der Waals surface area contributed by atoms with E-state index < -0.39 is 0 Å². The normalized spacial score (nSPS) is 13.3. The summed E-state index contributed by atoms with van der Waals surface area (Å²) in [5, 5.41) is 2.72. The third-order valence-corrected chi connectivity index (χ3v) is 1.92. The van der Waals surface area contributed by atoms with Crippen molar-refractivity contribution in [2.24, 2.45) is 0 Å². The molecule has 0 atom stereocenters. The van der Waals surface area contributed by atoms with Crippen molar-refractivity contribution in [3.63, 3.8) is 0 Å². The Bertz CT molecular complexity index is 351. The molecule has 2 rings (SSSR count). The Labute approximate surface area is 77.4 Å². The highest BCUT2D eigenvalue weighted by Gasteiger charge is 2.13. The molecule has 0 unspecified atom stereocenters. The number of carbonyl (C=O) groups excluding carboxylic acids is 1. The summed E-state index contributed by atoms with van der Waals surface area (Å²) in [5.74, 6) is -0.0566. The quantitative estimate of drug-likeness (QED) is 0.626. The van der Waals surface area contributed by atoms with E-state index in [-0.39, 0.29) is 5.91 Å². The van der Waals surface area contributed by atoms with Crippen molar-refractivity contribution in [3.8, 4) is 0 Å².